The number of amides is 2. The van der Waals surface area contributed by atoms with Gasteiger partial charge in [-0.1, -0.05) is 133 Å². The highest BCUT2D eigenvalue weighted by atomic mass is 32.2. The molecule has 0 N–H and O–H groups in total. The van der Waals surface area contributed by atoms with Gasteiger partial charge in [0.25, 0.3) is 5.24 Å². The number of hydrogen-bond donors (Lipinski definition) is 0. The molecule has 0 aliphatic carbocycles. The van der Waals surface area contributed by atoms with E-state index in [1.54, 1.807) is 0 Å². The number of carbonyl (C=O) groups is 2. The van der Waals surface area contributed by atoms with Crippen LogP contribution in [0.1, 0.15) is 22.3 Å². The second kappa shape index (κ2) is 9.08. The molecule has 2 amide bonds. The number of carbonyl (C=O) groups excluding carboxylic acids is 2. The largest absolute Gasteiger partial charge is 0.290 e. The van der Waals surface area contributed by atoms with Gasteiger partial charge in [-0.05, 0) is 28.7 Å². The molecule has 5 rings (SSSR count). The Kier molecular flexibility index (Phi) is 5.84. The SMILES string of the molecule is O=C1SC(Cc2ccccc2)C(=O)N1C(c1ccccc1)(c1ccccc1)c1ccccc1. The Morgan fingerprint density at radius 2 is 1.00 bits per heavy atom. The van der Waals surface area contributed by atoms with E-state index in [2.05, 4.69) is 0 Å². The Bertz CT molecular complexity index is 1150. The number of imide groups is 1. The first-order valence-corrected chi connectivity index (χ1v) is 11.8. The van der Waals surface area contributed by atoms with Crippen molar-refractivity contribution in [2.24, 2.45) is 0 Å². The molecule has 1 unspecified atom stereocenters. The maximum atomic E-state index is 14.0. The summed E-state index contributed by atoms with van der Waals surface area (Å²) >= 11 is 1.12. The summed E-state index contributed by atoms with van der Waals surface area (Å²) in [6.45, 7) is 0. The Labute approximate surface area is 198 Å². The molecular formula is C29H23NO2S. The van der Waals surface area contributed by atoms with Crippen molar-refractivity contribution in [3.63, 3.8) is 0 Å². The smallest absolute Gasteiger partial charge is 0.273 e. The van der Waals surface area contributed by atoms with Gasteiger partial charge in [-0.2, -0.15) is 0 Å². The van der Waals surface area contributed by atoms with E-state index >= 15 is 0 Å². The lowest BCUT2D eigenvalue weighted by Crippen LogP contribution is -2.51. The summed E-state index contributed by atoms with van der Waals surface area (Å²) in [7, 11) is 0. The normalized spacial score (nSPS) is 16.2. The molecule has 0 aromatic heterocycles. The second-order valence-electron chi connectivity index (χ2n) is 8.04. The van der Waals surface area contributed by atoms with Crippen molar-refractivity contribution >= 4 is 22.9 Å². The van der Waals surface area contributed by atoms with Gasteiger partial charge in [0.05, 0.1) is 5.25 Å². The third-order valence-corrected chi connectivity index (χ3v) is 7.13. The Morgan fingerprint density at radius 3 is 1.42 bits per heavy atom. The average Bonchev–Trinajstić information content (AvgIpc) is 3.15. The monoisotopic (exact) mass is 449 g/mol. The second-order valence-corrected chi connectivity index (χ2v) is 9.20. The number of nitrogens with zero attached hydrogens (tertiary/aromatic N) is 1. The fourth-order valence-electron chi connectivity index (χ4n) is 4.64. The molecule has 1 atom stereocenters. The van der Waals surface area contributed by atoms with Gasteiger partial charge in [0, 0.05) is 0 Å². The molecule has 4 heteroatoms. The molecule has 1 fully saturated rings. The van der Waals surface area contributed by atoms with Crippen LogP contribution in [-0.2, 0) is 16.8 Å². The molecule has 0 spiro atoms. The molecule has 1 heterocycles. The summed E-state index contributed by atoms with van der Waals surface area (Å²) in [5, 5.41) is -0.687. The molecule has 4 aromatic rings. The van der Waals surface area contributed by atoms with Crippen LogP contribution in [0.25, 0.3) is 0 Å². The lowest BCUT2D eigenvalue weighted by molar-refractivity contribution is -0.129. The van der Waals surface area contributed by atoms with Crippen LogP contribution in [0.4, 0.5) is 4.79 Å². The first kappa shape index (κ1) is 21.2. The summed E-state index contributed by atoms with van der Waals surface area (Å²) in [5.41, 5.74) is 2.62. The Hall–Kier alpha value is -3.63. The van der Waals surface area contributed by atoms with Crippen LogP contribution in [0.2, 0.25) is 0 Å². The number of thioether (sulfide) groups is 1. The zero-order valence-corrected chi connectivity index (χ0v) is 18.8. The summed E-state index contributed by atoms with van der Waals surface area (Å²) in [4.78, 5) is 29.1. The molecule has 0 radical (unpaired) electrons. The van der Waals surface area contributed by atoms with Crippen LogP contribution in [0, 0.1) is 0 Å². The Balaban J connectivity index is 1.71. The van der Waals surface area contributed by atoms with Crippen molar-refractivity contribution in [2.45, 2.75) is 17.2 Å². The fraction of sp³-hybridized carbons (Fsp3) is 0.103. The lowest BCUT2D eigenvalue weighted by Gasteiger charge is -2.42. The molecule has 0 bridgehead atoms. The predicted molar refractivity (Wildman–Crippen MR) is 133 cm³/mol. The third kappa shape index (κ3) is 3.77. The van der Waals surface area contributed by atoms with Crippen LogP contribution < -0.4 is 0 Å². The maximum absolute atomic E-state index is 14.0. The van der Waals surface area contributed by atoms with E-state index in [0.717, 1.165) is 34.0 Å². The molecule has 1 saturated heterocycles. The van der Waals surface area contributed by atoms with E-state index in [1.807, 2.05) is 121 Å². The van der Waals surface area contributed by atoms with Gasteiger partial charge in [-0.3, -0.25) is 14.5 Å². The molecular weight excluding hydrogens is 426 g/mol. The van der Waals surface area contributed by atoms with E-state index in [0.29, 0.717) is 6.42 Å². The summed E-state index contributed by atoms with van der Waals surface area (Å²) in [5.74, 6) is -0.162. The third-order valence-electron chi connectivity index (χ3n) is 6.10. The predicted octanol–water partition coefficient (Wildman–Crippen LogP) is 6.29. The first-order chi connectivity index (χ1) is 16.2. The van der Waals surface area contributed by atoms with Crippen LogP contribution in [-0.4, -0.2) is 21.3 Å². The maximum Gasteiger partial charge on any atom is 0.290 e. The van der Waals surface area contributed by atoms with Gasteiger partial charge in [0.1, 0.15) is 5.54 Å². The van der Waals surface area contributed by atoms with Gasteiger partial charge in [0.2, 0.25) is 5.91 Å². The minimum Gasteiger partial charge on any atom is -0.273 e. The molecule has 3 nitrogen and oxygen atoms in total. The molecule has 1 aliphatic rings. The minimum absolute atomic E-state index is 0.162. The van der Waals surface area contributed by atoms with E-state index in [9.17, 15) is 9.59 Å². The minimum atomic E-state index is -1.06. The van der Waals surface area contributed by atoms with Crippen molar-refractivity contribution in [2.75, 3.05) is 0 Å². The van der Waals surface area contributed by atoms with Crippen LogP contribution in [0.3, 0.4) is 0 Å². The van der Waals surface area contributed by atoms with E-state index in [4.69, 9.17) is 0 Å². The average molecular weight is 450 g/mol. The van der Waals surface area contributed by atoms with Crippen molar-refractivity contribution in [3.8, 4) is 0 Å². The van der Waals surface area contributed by atoms with Crippen LogP contribution in [0.15, 0.2) is 121 Å². The molecule has 1 aliphatic heterocycles. The quantitative estimate of drug-likeness (QED) is 0.325. The molecule has 33 heavy (non-hydrogen) atoms. The highest BCUT2D eigenvalue weighted by Crippen LogP contribution is 2.47. The summed E-state index contributed by atoms with van der Waals surface area (Å²) in [6.07, 6.45) is 0.515. The van der Waals surface area contributed by atoms with Crippen LogP contribution >= 0.6 is 11.8 Å². The van der Waals surface area contributed by atoms with Gasteiger partial charge in [-0.15, -0.1) is 0 Å². The lowest BCUT2D eigenvalue weighted by atomic mass is 9.75. The zero-order valence-electron chi connectivity index (χ0n) is 18.0. The van der Waals surface area contributed by atoms with Crippen molar-refractivity contribution in [1.29, 1.82) is 0 Å². The van der Waals surface area contributed by atoms with E-state index < -0.39 is 10.8 Å². The standard InChI is InChI=1S/C29H23NO2S/c31-27-26(21-22-13-5-1-6-14-22)33-28(32)30(27)29(23-15-7-2-8-16-23,24-17-9-3-10-18-24)25-19-11-4-12-20-25/h1-20,26H,21H2. The van der Waals surface area contributed by atoms with Gasteiger partial charge < -0.3 is 0 Å². The number of hydrogen-bond acceptors (Lipinski definition) is 3. The Morgan fingerprint density at radius 1 is 0.606 bits per heavy atom. The number of benzene rings is 4. The molecule has 162 valence electrons. The number of rotatable bonds is 6. The fourth-order valence-corrected chi connectivity index (χ4v) is 5.70. The first-order valence-electron chi connectivity index (χ1n) is 11.0. The summed E-state index contributed by atoms with van der Waals surface area (Å²) < 4.78 is 0. The van der Waals surface area contributed by atoms with Gasteiger partial charge in [0.15, 0.2) is 0 Å². The van der Waals surface area contributed by atoms with Crippen molar-refractivity contribution in [3.05, 3.63) is 144 Å². The van der Waals surface area contributed by atoms with Crippen molar-refractivity contribution in [1.82, 2.24) is 4.90 Å². The van der Waals surface area contributed by atoms with E-state index in [1.165, 1.54) is 4.90 Å². The van der Waals surface area contributed by atoms with Gasteiger partial charge >= 0.3 is 0 Å². The van der Waals surface area contributed by atoms with Crippen LogP contribution in [0.5, 0.6) is 0 Å². The molecule has 4 aromatic carbocycles. The summed E-state index contributed by atoms with van der Waals surface area (Å²) in [6, 6.07) is 39.4. The molecule has 0 saturated carbocycles. The highest BCUT2D eigenvalue weighted by molar-refractivity contribution is 8.15. The zero-order chi connectivity index (χ0) is 22.7. The van der Waals surface area contributed by atoms with Crippen molar-refractivity contribution < 1.29 is 9.59 Å². The van der Waals surface area contributed by atoms with Gasteiger partial charge in [-0.25, -0.2) is 0 Å². The highest BCUT2D eigenvalue weighted by Gasteiger charge is 2.53. The topological polar surface area (TPSA) is 37.4 Å². The van der Waals surface area contributed by atoms with E-state index in [-0.39, 0.29) is 11.1 Å².